The Morgan fingerprint density at radius 3 is 2.62 bits per heavy atom. The van der Waals surface area contributed by atoms with Gasteiger partial charge in [-0.1, -0.05) is 11.6 Å². The van der Waals surface area contributed by atoms with Crippen molar-refractivity contribution in [2.45, 2.75) is 37.9 Å². The molecule has 4 rings (SSSR count). The van der Waals surface area contributed by atoms with Gasteiger partial charge in [0.05, 0.1) is 12.2 Å². The summed E-state index contributed by atoms with van der Waals surface area (Å²) in [4.78, 5) is 24.7. The van der Waals surface area contributed by atoms with Crippen molar-refractivity contribution in [1.29, 1.82) is 0 Å². The van der Waals surface area contributed by atoms with E-state index in [1.807, 2.05) is 0 Å². The van der Waals surface area contributed by atoms with E-state index in [0.29, 0.717) is 5.56 Å². The number of piperidine rings is 1. The minimum atomic E-state index is -1.69. The third-order valence-corrected chi connectivity index (χ3v) is 6.19. The second kappa shape index (κ2) is 9.34. The number of anilines is 2. The van der Waals surface area contributed by atoms with Crippen LogP contribution in [0.25, 0.3) is 0 Å². The number of carbonyl (C=O) groups is 2. The maximum Gasteiger partial charge on any atom is 0.303 e. The molecule has 2 aliphatic rings. The summed E-state index contributed by atoms with van der Waals surface area (Å²) in [6.07, 6.45) is -0.820. The van der Waals surface area contributed by atoms with Crippen LogP contribution in [0.2, 0.25) is 5.02 Å². The zero-order valence-electron chi connectivity index (χ0n) is 18.2. The van der Waals surface area contributed by atoms with Gasteiger partial charge in [-0.2, -0.15) is 0 Å². The molecule has 2 atom stereocenters. The standard InChI is InChI=1S/C23H22ClF3N2O5/c1-12(30)34-19-10-29(22-16(26)8-13(24)9-17(22)27)7-6-23(19,32)11-33-18-4-3-15(25)21-14(18)2-5-20(31)28-21/h3-4,8-9,19,32H,2,5-7,10-11H2,1H3,(H,28,31). The summed E-state index contributed by atoms with van der Waals surface area (Å²) in [7, 11) is 0. The minimum Gasteiger partial charge on any atom is -0.490 e. The van der Waals surface area contributed by atoms with E-state index in [9.17, 15) is 27.9 Å². The predicted molar refractivity (Wildman–Crippen MR) is 118 cm³/mol. The fraction of sp³-hybridized carbons (Fsp3) is 0.391. The van der Waals surface area contributed by atoms with Crippen LogP contribution in [0.3, 0.4) is 0 Å². The molecule has 182 valence electrons. The van der Waals surface area contributed by atoms with Gasteiger partial charge in [-0.25, -0.2) is 13.2 Å². The molecule has 0 saturated carbocycles. The molecule has 11 heteroatoms. The first kappa shape index (κ1) is 24.2. The number of ether oxygens (including phenoxy) is 2. The summed E-state index contributed by atoms with van der Waals surface area (Å²) in [5.41, 5.74) is -1.55. The van der Waals surface area contributed by atoms with Gasteiger partial charge >= 0.3 is 5.97 Å². The molecule has 0 aliphatic carbocycles. The molecule has 2 heterocycles. The summed E-state index contributed by atoms with van der Waals surface area (Å²) in [5.74, 6) is -3.10. The number of benzene rings is 2. The van der Waals surface area contributed by atoms with Crippen LogP contribution < -0.4 is 15.0 Å². The van der Waals surface area contributed by atoms with Gasteiger partial charge in [0.15, 0.2) is 17.7 Å². The number of halogens is 4. The van der Waals surface area contributed by atoms with Gasteiger partial charge in [0.25, 0.3) is 0 Å². The Kier molecular flexibility index (Phi) is 6.64. The molecular weight excluding hydrogens is 477 g/mol. The lowest BCUT2D eigenvalue weighted by Gasteiger charge is -2.44. The number of hydrogen-bond donors (Lipinski definition) is 2. The van der Waals surface area contributed by atoms with E-state index in [-0.39, 0.29) is 67.0 Å². The molecule has 0 bridgehead atoms. The molecule has 2 aromatic carbocycles. The van der Waals surface area contributed by atoms with Crippen LogP contribution in [-0.4, -0.2) is 48.4 Å². The van der Waals surface area contributed by atoms with Crippen molar-refractivity contribution in [3.63, 3.8) is 0 Å². The number of hydrogen-bond acceptors (Lipinski definition) is 6. The van der Waals surface area contributed by atoms with Crippen LogP contribution in [0.4, 0.5) is 24.5 Å². The molecule has 34 heavy (non-hydrogen) atoms. The molecule has 7 nitrogen and oxygen atoms in total. The number of amides is 1. The van der Waals surface area contributed by atoms with Gasteiger partial charge in [-0.3, -0.25) is 9.59 Å². The number of rotatable bonds is 5. The average molecular weight is 499 g/mol. The quantitative estimate of drug-likeness (QED) is 0.613. The zero-order chi connectivity index (χ0) is 24.6. The number of aliphatic hydroxyl groups is 1. The highest BCUT2D eigenvalue weighted by Crippen LogP contribution is 2.36. The van der Waals surface area contributed by atoms with Crippen molar-refractivity contribution in [3.05, 3.63) is 52.3 Å². The maximum atomic E-state index is 14.4. The number of carbonyl (C=O) groups excluding carboxylic acids is 2. The highest BCUT2D eigenvalue weighted by molar-refractivity contribution is 6.30. The zero-order valence-corrected chi connectivity index (χ0v) is 18.9. The lowest BCUT2D eigenvalue weighted by Crippen LogP contribution is -2.60. The molecule has 0 spiro atoms. The molecule has 2 aromatic rings. The summed E-state index contributed by atoms with van der Waals surface area (Å²) >= 11 is 5.70. The van der Waals surface area contributed by atoms with Crippen LogP contribution in [-0.2, 0) is 20.7 Å². The van der Waals surface area contributed by atoms with E-state index in [1.54, 1.807) is 0 Å². The van der Waals surface area contributed by atoms with Crippen molar-refractivity contribution in [2.24, 2.45) is 0 Å². The Bertz CT molecular complexity index is 1120. The molecule has 2 unspecified atom stereocenters. The summed E-state index contributed by atoms with van der Waals surface area (Å²) < 4.78 is 54.1. The van der Waals surface area contributed by atoms with E-state index >= 15 is 0 Å². The second-order valence-corrected chi connectivity index (χ2v) is 8.79. The van der Waals surface area contributed by atoms with Crippen LogP contribution in [0.15, 0.2) is 24.3 Å². The van der Waals surface area contributed by atoms with Gasteiger partial charge in [-0.05, 0) is 30.7 Å². The Morgan fingerprint density at radius 1 is 1.24 bits per heavy atom. The molecule has 1 saturated heterocycles. The molecule has 2 N–H and O–H groups in total. The fourth-order valence-electron chi connectivity index (χ4n) is 4.26. The van der Waals surface area contributed by atoms with E-state index < -0.39 is 35.1 Å². The highest BCUT2D eigenvalue weighted by Gasteiger charge is 2.46. The van der Waals surface area contributed by atoms with Crippen molar-refractivity contribution < 1.29 is 37.3 Å². The van der Waals surface area contributed by atoms with Crippen molar-refractivity contribution >= 4 is 34.9 Å². The Balaban J connectivity index is 1.56. The lowest BCUT2D eigenvalue weighted by molar-refractivity contribution is -0.169. The fourth-order valence-corrected chi connectivity index (χ4v) is 4.46. The van der Waals surface area contributed by atoms with E-state index in [2.05, 4.69) is 5.32 Å². The van der Waals surface area contributed by atoms with E-state index in [1.165, 1.54) is 11.0 Å². The smallest absolute Gasteiger partial charge is 0.303 e. The third kappa shape index (κ3) is 4.78. The van der Waals surface area contributed by atoms with E-state index in [0.717, 1.165) is 25.1 Å². The highest BCUT2D eigenvalue weighted by atomic mass is 35.5. The largest absolute Gasteiger partial charge is 0.490 e. The number of fused-ring (bicyclic) bond motifs is 1. The Labute approximate surface area is 198 Å². The van der Waals surface area contributed by atoms with Crippen LogP contribution in [0.5, 0.6) is 5.75 Å². The second-order valence-electron chi connectivity index (χ2n) is 8.35. The van der Waals surface area contributed by atoms with Crippen molar-refractivity contribution in [1.82, 2.24) is 0 Å². The number of nitrogens with zero attached hydrogens (tertiary/aromatic N) is 1. The van der Waals surface area contributed by atoms with Gasteiger partial charge in [-0.15, -0.1) is 0 Å². The molecule has 1 fully saturated rings. The monoisotopic (exact) mass is 498 g/mol. The van der Waals surface area contributed by atoms with Crippen LogP contribution >= 0.6 is 11.6 Å². The Hall–Kier alpha value is -2.98. The first-order valence-electron chi connectivity index (χ1n) is 10.6. The molecule has 2 aliphatic heterocycles. The molecule has 0 radical (unpaired) electrons. The third-order valence-electron chi connectivity index (χ3n) is 5.97. The SMILES string of the molecule is CC(=O)OC1CN(c2c(F)cc(Cl)cc2F)CCC1(O)COc1ccc(F)c2c1CCC(=O)N2. The predicted octanol–water partition coefficient (Wildman–Crippen LogP) is 3.59. The number of nitrogens with one attached hydrogen (secondary N) is 1. The Morgan fingerprint density at radius 2 is 1.94 bits per heavy atom. The maximum absolute atomic E-state index is 14.4. The van der Waals surface area contributed by atoms with Gasteiger partial charge in [0.2, 0.25) is 5.91 Å². The topological polar surface area (TPSA) is 88.1 Å². The minimum absolute atomic E-state index is 0.0285. The summed E-state index contributed by atoms with van der Waals surface area (Å²) in [6.45, 7) is 0.649. The van der Waals surface area contributed by atoms with Gasteiger partial charge in [0.1, 0.15) is 29.5 Å². The van der Waals surface area contributed by atoms with Gasteiger partial charge < -0.3 is 24.8 Å². The summed E-state index contributed by atoms with van der Waals surface area (Å²) in [5, 5.41) is 13.7. The molecule has 1 amide bonds. The normalized spacial score (nSPS) is 22.1. The van der Waals surface area contributed by atoms with Crippen molar-refractivity contribution in [3.8, 4) is 5.75 Å². The lowest BCUT2D eigenvalue weighted by atomic mass is 9.88. The van der Waals surface area contributed by atoms with E-state index in [4.69, 9.17) is 21.1 Å². The average Bonchev–Trinajstić information content (AvgIpc) is 2.75. The first-order valence-corrected chi connectivity index (χ1v) is 11.0. The van der Waals surface area contributed by atoms with Crippen molar-refractivity contribution in [2.75, 3.05) is 29.9 Å². The molecular formula is C23H22ClF3N2O5. The first-order chi connectivity index (χ1) is 16.1. The number of esters is 1. The van der Waals surface area contributed by atoms with Crippen LogP contribution in [0.1, 0.15) is 25.3 Å². The summed E-state index contributed by atoms with van der Waals surface area (Å²) in [6, 6.07) is 4.48. The van der Waals surface area contributed by atoms with Gasteiger partial charge in [0, 0.05) is 36.9 Å². The van der Waals surface area contributed by atoms with Crippen LogP contribution in [0, 0.1) is 17.5 Å². The molecule has 0 aromatic heterocycles.